The standard InChI is InChI=1S/C10H8BrClN2O2/c1-2-16-10(15)9-13-4-8-7(12)3-6(11)5-14(8)9/h3-5H,2H2,1H3. The van der Waals surface area contributed by atoms with Gasteiger partial charge in [-0.05, 0) is 28.9 Å². The number of nitrogens with zero attached hydrogens (tertiary/aromatic N) is 2. The van der Waals surface area contributed by atoms with Crippen LogP contribution in [0.2, 0.25) is 5.02 Å². The molecule has 0 aliphatic heterocycles. The Morgan fingerprint density at radius 1 is 1.69 bits per heavy atom. The highest BCUT2D eigenvalue weighted by atomic mass is 79.9. The number of fused-ring (bicyclic) bond motifs is 1. The number of esters is 1. The molecule has 0 saturated carbocycles. The van der Waals surface area contributed by atoms with Crippen LogP contribution in [-0.4, -0.2) is 22.0 Å². The van der Waals surface area contributed by atoms with Crippen molar-refractivity contribution in [2.24, 2.45) is 0 Å². The van der Waals surface area contributed by atoms with Crippen molar-refractivity contribution in [1.29, 1.82) is 0 Å². The van der Waals surface area contributed by atoms with Gasteiger partial charge in [0.2, 0.25) is 5.82 Å². The molecule has 0 aliphatic rings. The highest BCUT2D eigenvalue weighted by molar-refractivity contribution is 9.10. The number of aromatic nitrogens is 2. The first-order chi connectivity index (χ1) is 7.63. The van der Waals surface area contributed by atoms with Gasteiger partial charge in [0.05, 0.1) is 23.3 Å². The predicted octanol–water partition coefficient (Wildman–Crippen LogP) is 2.93. The first-order valence-corrected chi connectivity index (χ1v) is 5.79. The molecule has 0 saturated heterocycles. The summed E-state index contributed by atoms with van der Waals surface area (Å²) in [4.78, 5) is 15.6. The van der Waals surface area contributed by atoms with Crippen LogP contribution >= 0.6 is 27.5 Å². The lowest BCUT2D eigenvalue weighted by Crippen LogP contribution is -2.09. The Morgan fingerprint density at radius 3 is 3.12 bits per heavy atom. The summed E-state index contributed by atoms with van der Waals surface area (Å²) in [5.74, 6) is -0.239. The van der Waals surface area contributed by atoms with E-state index in [1.165, 1.54) is 0 Å². The number of hydrogen-bond donors (Lipinski definition) is 0. The topological polar surface area (TPSA) is 43.6 Å². The molecule has 0 N–H and O–H groups in total. The summed E-state index contributed by atoms with van der Waals surface area (Å²) in [5.41, 5.74) is 0.674. The molecule has 0 unspecified atom stereocenters. The van der Waals surface area contributed by atoms with Gasteiger partial charge in [-0.3, -0.25) is 4.40 Å². The first-order valence-electron chi connectivity index (χ1n) is 4.62. The number of pyridine rings is 1. The van der Waals surface area contributed by atoms with Crippen LogP contribution < -0.4 is 0 Å². The maximum atomic E-state index is 11.6. The second-order valence-corrected chi connectivity index (χ2v) is 4.39. The number of carbonyl (C=O) groups excluding carboxylic acids is 1. The minimum Gasteiger partial charge on any atom is -0.460 e. The van der Waals surface area contributed by atoms with Gasteiger partial charge in [-0.1, -0.05) is 11.6 Å². The van der Waals surface area contributed by atoms with E-state index in [1.807, 2.05) is 0 Å². The third-order valence-corrected chi connectivity index (χ3v) is 2.75. The monoisotopic (exact) mass is 302 g/mol. The fraction of sp³-hybridized carbons (Fsp3) is 0.200. The summed E-state index contributed by atoms with van der Waals surface area (Å²) < 4.78 is 7.27. The SMILES string of the molecule is CCOC(=O)c1ncc2c(Cl)cc(Br)cn12. The van der Waals surface area contributed by atoms with Gasteiger partial charge in [0.1, 0.15) is 0 Å². The zero-order valence-electron chi connectivity index (χ0n) is 8.41. The molecule has 2 rings (SSSR count). The zero-order chi connectivity index (χ0) is 11.7. The Morgan fingerprint density at radius 2 is 2.44 bits per heavy atom. The summed E-state index contributed by atoms with van der Waals surface area (Å²) in [7, 11) is 0. The molecule has 4 nitrogen and oxygen atoms in total. The van der Waals surface area contributed by atoms with Crippen LogP contribution in [0.25, 0.3) is 5.52 Å². The molecule has 2 heterocycles. The number of carbonyl (C=O) groups is 1. The Kier molecular flexibility index (Phi) is 3.16. The fourth-order valence-corrected chi connectivity index (χ4v) is 2.19. The smallest absolute Gasteiger partial charge is 0.374 e. The maximum Gasteiger partial charge on any atom is 0.374 e. The molecular formula is C10H8BrClN2O2. The Hall–Kier alpha value is -1.07. The van der Waals surface area contributed by atoms with Gasteiger partial charge in [0.15, 0.2) is 0 Å². The van der Waals surface area contributed by atoms with Crippen LogP contribution in [0.15, 0.2) is 22.9 Å². The number of hydrogen-bond acceptors (Lipinski definition) is 3. The third kappa shape index (κ3) is 1.92. The summed E-state index contributed by atoms with van der Waals surface area (Å²) in [6.45, 7) is 2.06. The maximum absolute atomic E-state index is 11.6. The van der Waals surface area contributed by atoms with Crippen LogP contribution in [0.1, 0.15) is 17.5 Å². The van der Waals surface area contributed by atoms with Gasteiger partial charge < -0.3 is 4.74 Å². The molecule has 0 amide bonds. The Labute approximate surface area is 105 Å². The number of imidazole rings is 1. The largest absolute Gasteiger partial charge is 0.460 e. The van der Waals surface area contributed by atoms with Crippen molar-refractivity contribution >= 4 is 39.0 Å². The van der Waals surface area contributed by atoms with Crippen molar-refractivity contribution in [3.8, 4) is 0 Å². The van der Waals surface area contributed by atoms with E-state index in [0.29, 0.717) is 17.1 Å². The van der Waals surface area contributed by atoms with E-state index in [-0.39, 0.29) is 5.82 Å². The molecule has 0 aromatic carbocycles. The molecule has 84 valence electrons. The van der Waals surface area contributed by atoms with Crippen LogP contribution in [0.3, 0.4) is 0 Å². The predicted molar refractivity (Wildman–Crippen MR) is 63.9 cm³/mol. The van der Waals surface area contributed by atoms with Crippen LogP contribution in [0.4, 0.5) is 0 Å². The highest BCUT2D eigenvalue weighted by Crippen LogP contribution is 2.23. The van der Waals surface area contributed by atoms with Gasteiger partial charge in [0, 0.05) is 10.7 Å². The van der Waals surface area contributed by atoms with Crippen molar-refractivity contribution in [2.75, 3.05) is 6.61 Å². The van der Waals surface area contributed by atoms with E-state index in [0.717, 1.165) is 4.47 Å². The second-order valence-electron chi connectivity index (χ2n) is 3.06. The molecule has 0 fully saturated rings. The lowest BCUT2D eigenvalue weighted by atomic mass is 10.4. The Balaban J connectivity index is 2.60. The van der Waals surface area contributed by atoms with Gasteiger partial charge in [-0.25, -0.2) is 9.78 Å². The zero-order valence-corrected chi connectivity index (χ0v) is 10.7. The van der Waals surface area contributed by atoms with Crippen molar-refractivity contribution in [1.82, 2.24) is 9.38 Å². The van der Waals surface area contributed by atoms with Crippen LogP contribution in [-0.2, 0) is 4.74 Å². The average Bonchev–Trinajstić information content (AvgIpc) is 2.61. The van der Waals surface area contributed by atoms with E-state index < -0.39 is 5.97 Å². The molecule has 0 aliphatic carbocycles. The van der Waals surface area contributed by atoms with Crippen molar-refractivity contribution in [3.63, 3.8) is 0 Å². The molecule has 6 heteroatoms. The highest BCUT2D eigenvalue weighted by Gasteiger charge is 2.15. The van der Waals surface area contributed by atoms with Crippen molar-refractivity contribution in [3.05, 3.63) is 33.8 Å². The van der Waals surface area contributed by atoms with Crippen LogP contribution in [0, 0.1) is 0 Å². The second kappa shape index (κ2) is 4.43. The molecule has 0 bridgehead atoms. The van der Waals surface area contributed by atoms with Gasteiger partial charge in [-0.2, -0.15) is 0 Å². The number of rotatable bonds is 2. The molecule has 0 radical (unpaired) electrons. The minimum absolute atomic E-state index is 0.222. The number of ether oxygens (including phenoxy) is 1. The van der Waals surface area contributed by atoms with Gasteiger partial charge >= 0.3 is 5.97 Å². The van der Waals surface area contributed by atoms with Gasteiger partial charge in [0.25, 0.3) is 0 Å². The fourth-order valence-electron chi connectivity index (χ4n) is 1.37. The molecule has 0 atom stereocenters. The van der Waals surface area contributed by atoms with Crippen molar-refractivity contribution in [2.45, 2.75) is 6.92 Å². The molecule has 2 aromatic heterocycles. The molecule has 0 spiro atoms. The molecule has 16 heavy (non-hydrogen) atoms. The summed E-state index contributed by atoms with van der Waals surface area (Å²) in [6, 6.07) is 1.74. The lowest BCUT2D eigenvalue weighted by Gasteiger charge is -2.02. The van der Waals surface area contributed by atoms with Crippen LogP contribution in [0.5, 0.6) is 0 Å². The van der Waals surface area contributed by atoms with E-state index in [1.54, 1.807) is 29.8 Å². The summed E-state index contributed by atoms with van der Waals surface area (Å²) >= 11 is 9.32. The lowest BCUT2D eigenvalue weighted by molar-refractivity contribution is 0.0511. The van der Waals surface area contributed by atoms with E-state index in [9.17, 15) is 4.79 Å². The number of halogens is 2. The quantitative estimate of drug-likeness (QED) is 0.801. The molecule has 2 aromatic rings. The third-order valence-electron chi connectivity index (χ3n) is 2.02. The summed E-state index contributed by atoms with van der Waals surface area (Å²) in [5, 5.41) is 0.525. The van der Waals surface area contributed by atoms with E-state index >= 15 is 0 Å². The normalized spacial score (nSPS) is 10.7. The van der Waals surface area contributed by atoms with E-state index in [2.05, 4.69) is 20.9 Å². The summed E-state index contributed by atoms with van der Waals surface area (Å²) in [6.07, 6.45) is 3.27. The average molecular weight is 304 g/mol. The molecular weight excluding hydrogens is 295 g/mol. The Bertz CT molecular complexity index is 553. The van der Waals surface area contributed by atoms with Crippen molar-refractivity contribution < 1.29 is 9.53 Å². The van der Waals surface area contributed by atoms with E-state index in [4.69, 9.17) is 16.3 Å². The van der Waals surface area contributed by atoms with Gasteiger partial charge in [-0.15, -0.1) is 0 Å². The first kappa shape index (κ1) is 11.4. The minimum atomic E-state index is -0.461.